The van der Waals surface area contributed by atoms with Crippen LogP contribution in [0.15, 0.2) is 24.3 Å². The predicted molar refractivity (Wildman–Crippen MR) is 130 cm³/mol. The smallest absolute Gasteiger partial charge is 0.408 e. The number of para-hydroxylation sites is 1. The van der Waals surface area contributed by atoms with Gasteiger partial charge < -0.3 is 30.5 Å². The Morgan fingerprint density at radius 1 is 1.12 bits per heavy atom. The van der Waals surface area contributed by atoms with Crippen LogP contribution >= 0.6 is 0 Å². The van der Waals surface area contributed by atoms with Crippen molar-refractivity contribution in [1.29, 1.82) is 0 Å². The van der Waals surface area contributed by atoms with Gasteiger partial charge in [0.2, 0.25) is 11.8 Å². The predicted octanol–water partition coefficient (Wildman–Crippen LogP) is 3.25. The number of phenolic OH excluding ortho intramolecular Hbond substituents is 1. The highest BCUT2D eigenvalue weighted by Gasteiger charge is 2.39. The van der Waals surface area contributed by atoms with E-state index in [1.54, 1.807) is 45.9 Å². The molecule has 3 atom stereocenters. The Bertz CT molecular complexity index is 808. The van der Waals surface area contributed by atoms with Gasteiger partial charge in [-0.25, -0.2) is 4.79 Å². The highest BCUT2D eigenvalue weighted by atomic mass is 16.6. The summed E-state index contributed by atoms with van der Waals surface area (Å²) in [5.74, 6) is -1.22. The van der Waals surface area contributed by atoms with Crippen LogP contribution in [0.3, 0.4) is 0 Å². The summed E-state index contributed by atoms with van der Waals surface area (Å²) in [5.41, 5.74) is -0.529. The summed E-state index contributed by atoms with van der Waals surface area (Å²) in [6.07, 6.45) is 2.37. The van der Waals surface area contributed by atoms with Gasteiger partial charge in [0.05, 0.1) is 6.61 Å². The molecule has 1 aromatic rings. The molecule has 0 spiro atoms. The number of aromatic hydroxyl groups is 1. The largest absolute Gasteiger partial charge is 0.508 e. The number of benzene rings is 1. The van der Waals surface area contributed by atoms with Crippen LogP contribution in [0.25, 0.3) is 0 Å². The maximum Gasteiger partial charge on any atom is 0.408 e. The number of nitrogens with zero attached hydrogens (tertiary/aromatic N) is 1. The number of amides is 3. The molecule has 0 fully saturated rings. The average molecular weight is 480 g/mol. The molecule has 9 heteroatoms. The normalized spacial score (nSPS) is 14.0. The molecule has 0 radical (unpaired) electrons. The number of hydrogen-bond acceptors (Lipinski definition) is 6. The van der Waals surface area contributed by atoms with Crippen LogP contribution in [0.4, 0.5) is 4.79 Å². The number of ether oxygens (including phenoxy) is 1. The number of alkyl carbamates (subject to hydrolysis) is 1. The Morgan fingerprint density at radius 3 is 2.29 bits per heavy atom. The molecule has 34 heavy (non-hydrogen) atoms. The lowest BCUT2D eigenvalue weighted by atomic mass is 9.99. The lowest BCUT2D eigenvalue weighted by Crippen LogP contribution is -2.56. The van der Waals surface area contributed by atoms with Crippen LogP contribution in [-0.4, -0.2) is 63.9 Å². The van der Waals surface area contributed by atoms with Gasteiger partial charge >= 0.3 is 6.09 Å². The van der Waals surface area contributed by atoms with Crippen LogP contribution in [-0.2, 0) is 14.3 Å². The van der Waals surface area contributed by atoms with E-state index >= 15 is 0 Å². The second-order valence-electron chi connectivity index (χ2n) is 9.34. The van der Waals surface area contributed by atoms with Crippen molar-refractivity contribution in [3.8, 4) is 5.75 Å². The lowest BCUT2D eigenvalue weighted by molar-refractivity contribution is -0.145. The Labute approximate surface area is 202 Å². The third-order valence-electron chi connectivity index (χ3n) is 5.33. The first-order valence-electron chi connectivity index (χ1n) is 11.9. The zero-order valence-corrected chi connectivity index (χ0v) is 21.3. The highest BCUT2D eigenvalue weighted by Crippen LogP contribution is 2.31. The molecule has 3 unspecified atom stereocenters. The van der Waals surface area contributed by atoms with E-state index in [-0.39, 0.29) is 11.3 Å². The monoisotopic (exact) mass is 479 g/mol. The number of aliphatic hydroxyl groups excluding tert-OH is 1. The Kier molecular flexibility index (Phi) is 11.9. The van der Waals surface area contributed by atoms with Crippen LogP contribution in [0.1, 0.15) is 78.8 Å². The average Bonchev–Trinajstić information content (AvgIpc) is 2.77. The third-order valence-corrected chi connectivity index (χ3v) is 5.33. The third kappa shape index (κ3) is 8.85. The van der Waals surface area contributed by atoms with Gasteiger partial charge in [0.15, 0.2) is 0 Å². The molecule has 0 aromatic heterocycles. The van der Waals surface area contributed by atoms with Crippen LogP contribution in [0, 0.1) is 0 Å². The van der Waals surface area contributed by atoms with Gasteiger partial charge in [-0.2, -0.15) is 0 Å². The van der Waals surface area contributed by atoms with E-state index < -0.39 is 48.2 Å². The van der Waals surface area contributed by atoms with E-state index in [2.05, 4.69) is 17.6 Å². The van der Waals surface area contributed by atoms with Gasteiger partial charge in [0, 0.05) is 18.2 Å². The summed E-state index contributed by atoms with van der Waals surface area (Å²) in [6, 6.07) is 3.43. The van der Waals surface area contributed by atoms with E-state index in [1.165, 1.54) is 11.0 Å². The maximum atomic E-state index is 13.6. The van der Waals surface area contributed by atoms with Gasteiger partial charge in [0.1, 0.15) is 23.4 Å². The number of rotatable bonds is 12. The SMILES string of the molecule is CCCCCNC(=O)C(c1ccccc1O)N(C(=O)C(CO)NC(=O)OC(C)(C)C)C(C)CC. The van der Waals surface area contributed by atoms with Crippen molar-refractivity contribution in [2.75, 3.05) is 13.2 Å². The number of aliphatic hydroxyl groups is 1. The van der Waals surface area contributed by atoms with E-state index in [0.717, 1.165) is 19.3 Å². The molecule has 192 valence electrons. The van der Waals surface area contributed by atoms with E-state index in [0.29, 0.717) is 13.0 Å². The number of phenols is 1. The van der Waals surface area contributed by atoms with Gasteiger partial charge in [-0.05, 0) is 46.6 Å². The zero-order chi connectivity index (χ0) is 25.9. The number of carbonyl (C=O) groups is 3. The van der Waals surface area contributed by atoms with Crippen molar-refractivity contribution < 1.29 is 29.3 Å². The minimum Gasteiger partial charge on any atom is -0.508 e. The van der Waals surface area contributed by atoms with E-state index in [4.69, 9.17) is 4.74 Å². The molecule has 0 saturated carbocycles. The van der Waals surface area contributed by atoms with Crippen molar-refractivity contribution in [1.82, 2.24) is 15.5 Å². The maximum absolute atomic E-state index is 13.6. The molecule has 0 saturated heterocycles. The molecular weight excluding hydrogens is 438 g/mol. The summed E-state index contributed by atoms with van der Waals surface area (Å²) in [5, 5.41) is 25.7. The second-order valence-corrected chi connectivity index (χ2v) is 9.34. The quantitative estimate of drug-likeness (QED) is 0.341. The molecule has 1 aromatic carbocycles. The fourth-order valence-corrected chi connectivity index (χ4v) is 3.43. The fraction of sp³-hybridized carbons (Fsp3) is 0.640. The lowest BCUT2D eigenvalue weighted by Gasteiger charge is -2.38. The molecule has 1 rings (SSSR count). The summed E-state index contributed by atoms with van der Waals surface area (Å²) in [6.45, 7) is 10.5. The van der Waals surface area contributed by atoms with Crippen molar-refractivity contribution in [3.05, 3.63) is 29.8 Å². The minimum atomic E-state index is -1.33. The minimum absolute atomic E-state index is 0.127. The van der Waals surface area contributed by atoms with Gasteiger partial charge in [-0.1, -0.05) is 44.9 Å². The standard InChI is InChI=1S/C25H41N3O6/c1-7-9-12-15-26-22(31)21(18-13-10-11-14-20(18)30)28(17(3)8-2)23(32)19(16-29)27-24(33)34-25(4,5)6/h10-11,13-14,17,19,21,29-30H,7-9,12,15-16H2,1-6H3,(H,26,31)(H,27,33). The molecule has 3 amide bonds. The Hall–Kier alpha value is -2.81. The molecule has 4 N–H and O–H groups in total. The molecule has 0 aliphatic heterocycles. The fourth-order valence-electron chi connectivity index (χ4n) is 3.43. The molecule has 0 aliphatic rings. The summed E-state index contributed by atoms with van der Waals surface area (Å²) < 4.78 is 5.22. The molecule has 0 aliphatic carbocycles. The summed E-state index contributed by atoms with van der Waals surface area (Å²) in [7, 11) is 0. The first-order chi connectivity index (χ1) is 16.0. The van der Waals surface area contributed by atoms with E-state index in [9.17, 15) is 24.6 Å². The van der Waals surface area contributed by atoms with E-state index in [1.807, 2.05) is 6.92 Å². The Balaban J connectivity index is 3.36. The van der Waals surface area contributed by atoms with Gasteiger partial charge in [0.25, 0.3) is 0 Å². The molecule has 9 nitrogen and oxygen atoms in total. The Morgan fingerprint density at radius 2 is 1.76 bits per heavy atom. The number of nitrogens with one attached hydrogen (secondary N) is 2. The van der Waals surface area contributed by atoms with Crippen LogP contribution < -0.4 is 10.6 Å². The van der Waals surface area contributed by atoms with Gasteiger partial charge in [-0.15, -0.1) is 0 Å². The zero-order valence-electron chi connectivity index (χ0n) is 21.3. The molecular formula is C25H41N3O6. The number of unbranched alkanes of at least 4 members (excludes halogenated alkanes) is 2. The first-order valence-corrected chi connectivity index (χ1v) is 11.9. The molecule has 0 bridgehead atoms. The van der Waals surface area contributed by atoms with Crippen molar-refractivity contribution >= 4 is 17.9 Å². The topological polar surface area (TPSA) is 128 Å². The van der Waals surface area contributed by atoms with Crippen molar-refractivity contribution in [2.45, 2.75) is 91.0 Å². The summed E-state index contributed by atoms with van der Waals surface area (Å²) in [4.78, 5) is 40.6. The number of hydrogen-bond donors (Lipinski definition) is 4. The second kappa shape index (κ2) is 13.8. The summed E-state index contributed by atoms with van der Waals surface area (Å²) >= 11 is 0. The van der Waals surface area contributed by atoms with Crippen LogP contribution in [0.2, 0.25) is 0 Å². The van der Waals surface area contributed by atoms with Crippen molar-refractivity contribution in [3.63, 3.8) is 0 Å². The number of carbonyl (C=O) groups excluding carboxylic acids is 3. The van der Waals surface area contributed by atoms with Crippen LogP contribution in [0.5, 0.6) is 5.75 Å². The molecule has 0 heterocycles. The van der Waals surface area contributed by atoms with Crippen molar-refractivity contribution in [2.24, 2.45) is 0 Å². The highest BCUT2D eigenvalue weighted by molar-refractivity contribution is 5.92. The first kappa shape index (κ1) is 29.2. The van der Waals surface area contributed by atoms with Gasteiger partial charge in [-0.3, -0.25) is 9.59 Å².